The first-order valence-corrected chi connectivity index (χ1v) is 7.50. The molecule has 2 saturated carbocycles. The molecule has 0 bridgehead atoms. The van der Waals surface area contributed by atoms with Crippen LogP contribution in [0.5, 0.6) is 0 Å². The van der Waals surface area contributed by atoms with Crippen LogP contribution in [0.3, 0.4) is 0 Å². The van der Waals surface area contributed by atoms with E-state index in [-0.39, 0.29) is 0 Å². The maximum absolute atomic E-state index is 3.82. The second-order valence-electron chi connectivity index (χ2n) is 7.44. The summed E-state index contributed by atoms with van der Waals surface area (Å²) in [6.45, 7) is 7.38. The molecule has 1 saturated heterocycles. The highest BCUT2D eigenvalue weighted by atomic mass is 15.2. The SMILES string of the molecule is CN1CCNC2CCC(C)(C)C[C@H]2[C@@H]1C1CC1. The standard InChI is InChI=1S/C15H28N2/c1-15(2)7-6-13-12(10-15)14(11-4-5-11)17(3)9-8-16-13/h11-14,16H,4-10H2,1-3H3/t12-,13?,14+/m1/s1. The average Bonchev–Trinajstić information content (AvgIpc) is 3.04. The van der Waals surface area contributed by atoms with Crippen LogP contribution in [0.2, 0.25) is 0 Å². The van der Waals surface area contributed by atoms with Gasteiger partial charge < -0.3 is 10.2 Å². The van der Waals surface area contributed by atoms with E-state index in [0.29, 0.717) is 5.41 Å². The molecule has 2 nitrogen and oxygen atoms in total. The van der Waals surface area contributed by atoms with Crippen molar-refractivity contribution < 1.29 is 0 Å². The monoisotopic (exact) mass is 236 g/mol. The summed E-state index contributed by atoms with van der Waals surface area (Å²) in [5.74, 6) is 1.92. The summed E-state index contributed by atoms with van der Waals surface area (Å²) >= 11 is 0. The molecule has 2 aliphatic carbocycles. The smallest absolute Gasteiger partial charge is 0.0164 e. The molecule has 3 fully saturated rings. The lowest BCUT2D eigenvalue weighted by atomic mass is 9.67. The molecule has 0 spiro atoms. The van der Waals surface area contributed by atoms with Gasteiger partial charge in [0.25, 0.3) is 0 Å². The van der Waals surface area contributed by atoms with Crippen molar-refractivity contribution >= 4 is 0 Å². The Morgan fingerprint density at radius 3 is 2.65 bits per heavy atom. The predicted molar refractivity (Wildman–Crippen MR) is 72.1 cm³/mol. The van der Waals surface area contributed by atoms with Crippen molar-refractivity contribution in [3.63, 3.8) is 0 Å². The van der Waals surface area contributed by atoms with Crippen molar-refractivity contribution in [1.29, 1.82) is 0 Å². The molecule has 0 amide bonds. The molecular weight excluding hydrogens is 208 g/mol. The number of hydrogen-bond acceptors (Lipinski definition) is 2. The van der Waals surface area contributed by atoms with Gasteiger partial charge in [0, 0.05) is 25.2 Å². The van der Waals surface area contributed by atoms with Crippen LogP contribution in [0.15, 0.2) is 0 Å². The Kier molecular flexibility index (Phi) is 2.99. The van der Waals surface area contributed by atoms with E-state index in [2.05, 4.69) is 31.1 Å². The molecule has 1 unspecified atom stereocenters. The lowest BCUT2D eigenvalue weighted by molar-refractivity contribution is 0.0727. The average molecular weight is 236 g/mol. The van der Waals surface area contributed by atoms with Crippen molar-refractivity contribution in [1.82, 2.24) is 10.2 Å². The minimum atomic E-state index is 0.571. The first-order chi connectivity index (χ1) is 8.07. The highest BCUT2D eigenvalue weighted by Crippen LogP contribution is 2.47. The molecule has 1 aliphatic heterocycles. The molecule has 17 heavy (non-hydrogen) atoms. The lowest BCUT2D eigenvalue weighted by Crippen LogP contribution is -2.49. The van der Waals surface area contributed by atoms with Gasteiger partial charge in [-0.25, -0.2) is 0 Å². The van der Waals surface area contributed by atoms with Crippen LogP contribution in [0, 0.1) is 17.3 Å². The number of rotatable bonds is 1. The van der Waals surface area contributed by atoms with Crippen molar-refractivity contribution in [2.75, 3.05) is 20.1 Å². The van der Waals surface area contributed by atoms with Crippen molar-refractivity contribution in [2.45, 2.75) is 58.0 Å². The molecule has 1 heterocycles. The maximum Gasteiger partial charge on any atom is 0.0164 e. The van der Waals surface area contributed by atoms with E-state index >= 15 is 0 Å². The van der Waals surface area contributed by atoms with Gasteiger partial charge in [-0.15, -0.1) is 0 Å². The minimum absolute atomic E-state index is 0.571. The Morgan fingerprint density at radius 2 is 1.94 bits per heavy atom. The van der Waals surface area contributed by atoms with E-state index in [4.69, 9.17) is 0 Å². The van der Waals surface area contributed by atoms with Crippen LogP contribution < -0.4 is 5.32 Å². The number of hydrogen-bond donors (Lipinski definition) is 1. The zero-order valence-corrected chi connectivity index (χ0v) is 11.7. The molecule has 1 N–H and O–H groups in total. The van der Waals surface area contributed by atoms with E-state index in [1.165, 1.54) is 45.2 Å². The summed E-state index contributed by atoms with van der Waals surface area (Å²) in [6, 6.07) is 1.67. The Hall–Kier alpha value is -0.0800. The third kappa shape index (κ3) is 2.39. The van der Waals surface area contributed by atoms with Gasteiger partial charge in [-0.1, -0.05) is 13.8 Å². The van der Waals surface area contributed by atoms with Gasteiger partial charge in [0.2, 0.25) is 0 Å². The first-order valence-electron chi connectivity index (χ1n) is 7.50. The van der Waals surface area contributed by atoms with E-state index in [1.807, 2.05) is 0 Å². The zero-order chi connectivity index (χ0) is 12.0. The summed E-state index contributed by atoms with van der Waals surface area (Å²) in [6.07, 6.45) is 7.20. The number of fused-ring (bicyclic) bond motifs is 1. The molecule has 0 aromatic rings. The topological polar surface area (TPSA) is 15.3 Å². The van der Waals surface area contributed by atoms with E-state index in [0.717, 1.165) is 23.9 Å². The van der Waals surface area contributed by atoms with Gasteiger partial charge in [-0.3, -0.25) is 0 Å². The van der Waals surface area contributed by atoms with E-state index < -0.39 is 0 Å². The van der Waals surface area contributed by atoms with E-state index in [9.17, 15) is 0 Å². The molecule has 3 atom stereocenters. The Labute approximate surface area is 106 Å². The molecule has 0 aromatic heterocycles. The number of likely N-dealkylation sites (N-methyl/N-ethyl adjacent to an activating group) is 1. The van der Waals surface area contributed by atoms with Gasteiger partial charge in [-0.2, -0.15) is 0 Å². The molecule has 3 aliphatic rings. The van der Waals surface area contributed by atoms with Gasteiger partial charge >= 0.3 is 0 Å². The molecular formula is C15H28N2. The third-order valence-corrected chi connectivity index (χ3v) is 5.36. The molecule has 3 rings (SSSR count). The zero-order valence-electron chi connectivity index (χ0n) is 11.7. The second-order valence-corrected chi connectivity index (χ2v) is 7.44. The van der Waals surface area contributed by atoms with Crippen LogP contribution in [-0.4, -0.2) is 37.1 Å². The van der Waals surface area contributed by atoms with Crippen LogP contribution in [0.1, 0.15) is 46.0 Å². The van der Waals surface area contributed by atoms with Crippen molar-refractivity contribution in [3.8, 4) is 0 Å². The van der Waals surface area contributed by atoms with Crippen LogP contribution in [0.4, 0.5) is 0 Å². The molecule has 0 radical (unpaired) electrons. The van der Waals surface area contributed by atoms with E-state index in [1.54, 1.807) is 0 Å². The lowest BCUT2D eigenvalue weighted by Gasteiger charge is -2.45. The van der Waals surface area contributed by atoms with Gasteiger partial charge in [-0.05, 0) is 56.4 Å². The second kappa shape index (κ2) is 4.24. The predicted octanol–water partition coefficient (Wildman–Crippen LogP) is 2.49. The van der Waals surface area contributed by atoms with Crippen LogP contribution in [0.25, 0.3) is 0 Å². The van der Waals surface area contributed by atoms with Crippen LogP contribution in [-0.2, 0) is 0 Å². The Balaban J connectivity index is 1.82. The third-order valence-electron chi connectivity index (χ3n) is 5.36. The highest BCUT2D eigenvalue weighted by Gasteiger charge is 2.46. The summed E-state index contributed by atoms with van der Waals surface area (Å²) in [5.41, 5.74) is 0.571. The number of nitrogens with zero attached hydrogens (tertiary/aromatic N) is 1. The highest BCUT2D eigenvalue weighted by molar-refractivity contribution is 5.01. The van der Waals surface area contributed by atoms with Crippen molar-refractivity contribution in [2.24, 2.45) is 17.3 Å². The molecule has 98 valence electrons. The first kappa shape index (κ1) is 12.0. The Morgan fingerprint density at radius 1 is 1.18 bits per heavy atom. The summed E-state index contributed by atoms with van der Waals surface area (Å²) in [4.78, 5) is 2.66. The molecule has 2 heteroatoms. The van der Waals surface area contributed by atoms with Gasteiger partial charge in [0.05, 0.1) is 0 Å². The maximum atomic E-state index is 3.82. The largest absolute Gasteiger partial charge is 0.312 e. The quantitative estimate of drug-likeness (QED) is 0.752. The summed E-state index contributed by atoms with van der Waals surface area (Å²) < 4.78 is 0. The van der Waals surface area contributed by atoms with Crippen molar-refractivity contribution in [3.05, 3.63) is 0 Å². The van der Waals surface area contributed by atoms with Crippen LogP contribution >= 0.6 is 0 Å². The molecule has 0 aromatic carbocycles. The summed E-state index contributed by atoms with van der Waals surface area (Å²) in [5, 5.41) is 3.82. The Bertz CT molecular complexity index is 283. The number of nitrogens with one attached hydrogen (secondary N) is 1. The van der Waals surface area contributed by atoms with Gasteiger partial charge in [0.1, 0.15) is 0 Å². The fourth-order valence-corrected chi connectivity index (χ4v) is 4.30. The fourth-order valence-electron chi connectivity index (χ4n) is 4.30. The minimum Gasteiger partial charge on any atom is -0.312 e. The van der Waals surface area contributed by atoms with Gasteiger partial charge in [0.15, 0.2) is 0 Å². The summed E-state index contributed by atoms with van der Waals surface area (Å²) in [7, 11) is 2.36. The fraction of sp³-hybridized carbons (Fsp3) is 1.00. The normalized spacial score (nSPS) is 42.9.